The Morgan fingerprint density at radius 3 is 2.94 bits per heavy atom. The molecule has 1 unspecified atom stereocenters. The summed E-state index contributed by atoms with van der Waals surface area (Å²) >= 11 is 0.959. The Hall–Kier alpha value is -1.34. The van der Waals surface area contributed by atoms with Crippen molar-refractivity contribution in [2.24, 2.45) is 0 Å². The summed E-state index contributed by atoms with van der Waals surface area (Å²) in [7, 11) is 1.42. The van der Waals surface area contributed by atoms with E-state index in [2.05, 4.69) is 9.97 Å². The number of rotatable bonds is 5. The minimum Gasteiger partial charge on any atom is -0.480 e. The zero-order chi connectivity index (χ0) is 12.1. The molecule has 0 spiro atoms. The Morgan fingerprint density at radius 2 is 2.44 bits per heavy atom. The number of aromatic amines is 1. The summed E-state index contributed by atoms with van der Waals surface area (Å²) in [4.78, 5) is 28.5. The number of aromatic nitrogens is 2. The summed E-state index contributed by atoms with van der Waals surface area (Å²) < 4.78 is 4.78. The maximum Gasteiger partial charge on any atom is 0.319 e. The number of aryl methyl sites for hydroxylation is 1. The molecule has 0 fully saturated rings. The van der Waals surface area contributed by atoms with Gasteiger partial charge in [-0.3, -0.25) is 9.59 Å². The molecule has 16 heavy (non-hydrogen) atoms. The van der Waals surface area contributed by atoms with Crippen LogP contribution < -0.4 is 5.56 Å². The van der Waals surface area contributed by atoms with Gasteiger partial charge in [-0.1, -0.05) is 11.8 Å². The van der Waals surface area contributed by atoms with Gasteiger partial charge in [0, 0.05) is 18.9 Å². The van der Waals surface area contributed by atoms with Gasteiger partial charge in [0.15, 0.2) is 5.16 Å². The first-order valence-corrected chi connectivity index (χ1v) is 5.37. The minimum absolute atomic E-state index is 0.0532. The van der Waals surface area contributed by atoms with Crippen molar-refractivity contribution in [3.05, 3.63) is 22.1 Å². The maximum atomic E-state index is 11.1. The highest BCUT2D eigenvalue weighted by Crippen LogP contribution is 2.18. The molecular weight excluding hydrogens is 232 g/mol. The zero-order valence-corrected chi connectivity index (χ0v) is 9.71. The van der Waals surface area contributed by atoms with E-state index in [9.17, 15) is 9.59 Å². The Morgan fingerprint density at radius 1 is 1.75 bits per heavy atom. The highest BCUT2D eigenvalue weighted by Gasteiger charge is 2.20. The van der Waals surface area contributed by atoms with E-state index in [0.29, 0.717) is 5.69 Å². The third-order valence-corrected chi connectivity index (χ3v) is 2.73. The predicted octanol–water partition coefficient (Wildman–Crippen LogP) is 0.270. The molecule has 1 rings (SSSR count). The first-order chi connectivity index (χ1) is 7.52. The highest BCUT2D eigenvalue weighted by molar-refractivity contribution is 8.00. The summed E-state index contributed by atoms with van der Waals surface area (Å²) in [6.07, 6.45) is 0. The molecule has 0 radical (unpaired) electrons. The summed E-state index contributed by atoms with van der Waals surface area (Å²) in [5.74, 6) is -1.00. The standard InChI is InChI=1S/C9H12N2O4S/c1-5-3-7(12)11-9(10-5)16-6(4-15-2)8(13)14/h3,6H,4H2,1-2H3,(H,13,14)(H,10,11,12). The van der Waals surface area contributed by atoms with E-state index in [-0.39, 0.29) is 17.3 Å². The molecule has 88 valence electrons. The van der Waals surface area contributed by atoms with Gasteiger partial charge in [0.1, 0.15) is 5.25 Å². The third kappa shape index (κ3) is 3.67. The Kier molecular flexibility index (Phi) is 4.51. The first-order valence-electron chi connectivity index (χ1n) is 4.49. The molecule has 0 saturated carbocycles. The Labute approximate surface area is 96.0 Å². The minimum atomic E-state index is -1.00. The average molecular weight is 244 g/mol. The second-order valence-electron chi connectivity index (χ2n) is 3.09. The van der Waals surface area contributed by atoms with Crippen LogP contribution in [0.15, 0.2) is 16.0 Å². The number of carboxylic acid groups (broad SMARTS) is 1. The van der Waals surface area contributed by atoms with Crippen molar-refractivity contribution in [1.29, 1.82) is 0 Å². The van der Waals surface area contributed by atoms with Crippen molar-refractivity contribution in [2.45, 2.75) is 17.3 Å². The zero-order valence-electron chi connectivity index (χ0n) is 8.89. The Bertz CT molecular complexity index is 432. The van der Waals surface area contributed by atoms with Crippen LogP contribution in [0, 0.1) is 6.92 Å². The van der Waals surface area contributed by atoms with E-state index in [4.69, 9.17) is 9.84 Å². The monoisotopic (exact) mass is 244 g/mol. The molecule has 1 aromatic heterocycles. The van der Waals surface area contributed by atoms with E-state index in [1.165, 1.54) is 13.2 Å². The van der Waals surface area contributed by atoms with Gasteiger partial charge in [0.2, 0.25) is 0 Å². The molecule has 1 aromatic rings. The molecule has 0 aromatic carbocycles. The van der Waals surface area contributed by atoms with Gasteiger partial charge in [0.25, 0.3) is 5.56 Å². The molecule has 2 N–H and O–H groups in total. The van der Waals surface area contributed by atoms with Gasteiger partial charge < -0.3 is 14.8 Å². The number of nitrogens with one attached hydrogen (secondary N) is 1. The molecule has 6 nitrogen and oxygen atoms in total. The number of carbonyl (C=O) groups is 1. The van der Waals surface area contributed by atoms with Crippen molar-refractivity contribution in [3.8, 4) is 0 Å². The van der Waals surface area contributed by atoms with E-state index >= 15 is 0 Å². The SMILES string of the molecule is COCC(Sc1nc(C)cc(=O)[nH]1)C(=O)O. The van der Waals surface area contributed by atoms with Crippen molar-refractivity contribution >= 4 is 17.7 Å². The first kappa shape index (κ1) is 12.7. The fourth-order valence-corrected chi connectivity index (χ4v) is 1.98. The smallest absolute Gasteiger partial charge is 0.319 e. The number of carboxylic acids is 1. The van der Waals surface area contributed by atoms with E-state index < -0.39 is 11.2 Å². The van der Waals surface area contributed by atoms with Crippen LogP contribution in [0.5, 0.6) is 0 Å². The van der Waals surface area contributed by atoms with Crippen LogP contribution in [-0.4, -0.2) is 40.0 Å². The number of hydrogen-bond donors (Lipinski definition) is 2. The van der Waals surface area contributed by atoms with Gasteiger partial charge in [0.05, 0.1) is 6.61 Å². The second-order valence-corrected chi connectivity index (χ2v) is 4.28. The molecule has 0 aliphatic rings. The molecule has 0 aliphatic heterocycles. The van der Waals surface area contributed by atoms with E-state index in [0.717, 1.165) is 11.8 Å². The molecular formula is C9H12N2O4S. The quantitative estimate of drug-likeness (QED) is 0.570. The van der Waals surface area contributed by atoms with Gasteiger partial charge in [-0.15, -0.1) is 0 Å². The highest BCUT2D eigenvalue weighted by atomic mass is 32.2. The van der Waals surface area contributed by atoms with Crippen LogP contribution in [-0.2, 0) is 9.53 Å². The van der Waals surface area contributed by atoms with Crippen LogP contribution in [0.3, 0.4) is 0 Å². The number of methoxy groups -OCH3 is 1. The molecule has 0 saturated heterocycles. The molecule has 0 amide bonds. The van der Waals surface area contributed by atoms with E-state index in [1.54, 1.807) is 6.92 Å². The summed E-state index contributed by atoms with van der Waals surface area (Å²) in [5.41, 5.74) is 0.254. The van der Waals surface area contributed by atoms with Crippen LogP contribution in [0.4, 0.5) is 0 Å². The van der Waals surface area contributed by atoms with E-state index in [1.807, 2.05) is 0 Å². The molecule has 1 atom stereocenters. The molecule has 0 aliphatic carbocycles. The lowest BCUT2D eigenvalue weighted by molar-refractivity contribution is -0.137. The van der Waals surface area contributed by atoms with Gasteiger partial charge in [-0.2, -0.15) is 0 Å². The van der Waals surface area contributed by atoms with Crippen LogP contribution >= 0.6 is 11.8 Å². The van der Waals surface area contributed by atoms with Gasteiger partial charge in [-0.05, 0) is 6.92 Å². The van der Waals surface area contributed by atoms with Crippen molar-refractivity contribution < 1.29 is 14.6 Å². The average Bonchev–Trinajstić information content (AvgIpc) is 2.15. The summed E-state index contributed by atoms with van der Waals surface area (Å²) in [5, 5.41) is 8.39. The van der Waals surface area contributed by atoms with Crippen LogP contribution in [0.1, 0.15) is 5.69 Å². The summed E-state index contributed by atoms with van der Waals surface area (Å²) in [6.45, 7) is 1.73. The number of hydrogen-bond acceptors (Lipinski definition) is 5. The van der Waals surface area contributed by atoms with Crippen molar-refractivity contribution in [3.63, 3.8) is 0 Å². The normalized spacial score (nSPS) is 12.4. The predicted molar refractivity (Wildman–Crippen MR) is 58.8 cm³/mol. The molecule has 0 bridgehead atoms. The number of ether oxygens (including phenoxy) is 1. The lowest BCUT2D eigenvalue weighted by atomic mass is 10.4. The van der Waals surface area contributed by atoms with Gasteiger partial charge >= 0.3 is 5.97 Å². The van der Waals surface area contributed by atoms with Crippen LogP contribution in [0.25, 0.3) is 0 Å². The lowest BCUT2D eigenvalue weighted by Crippen LogP contribution is -2.23. The Balaban J connectivity index is 2.84. The fourth-order valence-electron chi connectivity index (χ4n) is 1.05. The topological polar surface area (TPSA) is 92.3 Å². The number of H-pyrrole nitrogens is 1. The van der Waals surface area contributed by atoms with Gasteiger partial charge in [-0.25, -0.2) is 4.98 Å². The summed E-state index contributed by atoms with van der Waals surface area (Å²) in [6, 6.07) is 1.34. The molecule has 1 heterocycles. The lowest BCUT2D eigenvalue weighted by Gasteiger charge is -2.09. The number of thioether (sulfide) groups is 1. The second kappa shape index (κ2) is 5.66. The molecule has 7 heteroatoms. The van der Waals surface area contributed by atoms with Crippen molar-refractivity contribution in [2.75, 3.05) is 13.7 Å². The van der Waals surface area contributed by atoms with Crippen molar-refractivity contribution in [1.82, 2.24) is 9.97 Å². The maximum absolute atomic E-state index is 11.1. The third-order valence-electron chi connectivity index (χ3n) is 1.70. The fraction of sp³-hybridized carbons (Fsp3) is 0.444. The number of nitrogens with zero attached hydrogens (tertiary/aromatic N) is 1. The largest absolute Gasteiger partial charge is 0.480 e. The van der Waals surface area contributed by atoms with Crippen LogP contribution in [0.2, 0.25) is 0 Å². The number of aliphatic carboxylic acids is 1.